The van der Waals surface area contributed by atoms with Gasteiger partial charge in [0.05, 0.1) is 15.6 Å². The maximum atomic E-state index is 12.1. The Morgan fingerprint density at radius 1 is 1.10 bits per heavy atom. The molecule has 0 saturated carbocycles. The minimum absolute atomic E-state index is 0.219. The zero-order valence-corrected chi connectivity index (χ0v) is 13.2. The first-order valence-electron chi connectivity index (χ1n) is 6.58. The molecule has 3 nitrogen and oxygen atoms in total. The fourth-order valence-corrected chi connectivity index (χ4v) is 2.31. The molecule has 0 unspecified atom stereocenters. The SMILES string of the molecule is CN(CCNC(=O)c1cccc(Cl)c1Cl)c1ccccc1. The van der Waals surface area contributed by atoms with Crippen molar-refractivity contribution in [2.45, 2.75) is 0 Å². The van der Waals surface area contributed by atoms with Gasteiger partial charge in [-0.1, -0.05) is 47.5 Å². The number of halogens is 2. The van der Waals surface area contributed by atoms with E-state index in [1.54, 1.807) is 18.2 Å². The zero-order valence-electron chi connectivity index (χ0n) is 11.6. The Bertz CT molecular complexity index is 617. The third kappa shape index (κ3) is 4.13. The van der Waals surface area contributed by atoms with E-state index in [4.69, 9.17) is 23.2 Å². The molecule has 21 heavy (non-hydrogen) atoms. The molecule has 0 aliphatic carbocycles. The van der Waals surface area contributed by atoms with Crippen molar-refractivity contribution in [3.05, 3.63) is 64.1 Å². The van der Waals surface area contributed by atoms with Crippen LogP contribution in [0.25, 0.3) is 0 Å². The minimum atomic E-state index is -0.219. The van der Waals surface area contributed by atoms with Crippen molar-refractivity contribution < 1.29 is 4.79 Å². The second-order valence-electron chi connectivity index (χ2n) is 4.61. The lowest BCUT2D eigenvalue weighted by Crippen LogP contribution is -2.33. The summed E-state index contributed by atoms with van der Waals surface area (Å²) in [6.45, 7) is 1.22. The fourth-order valence-electron chi connectivity index (χ4n) is 1.92. The Hall–Kier alpha value is -1.71. The second-order valence-corrected chi connectivity index (χ2v) is 5.40. The highest BCUT2D eigenvalue weighted by atomic mass is 35.5. The first kappa shape index (κ1) is 15.7. The first-order chi connectivity index (χ1) is 10.1. The average Bonchev–Trinajstić information content (AvgIpc) is 2.50. The topological polar surface area (TPSA) is 32.3 Å². The molecule has 0 bridgehead atoms. The summed E-state index contributed by atoms with van der Waals surface area (Å²) in [6, 6.07) is 15.0. The number of hydrogen-bond acceptors (Lipinski definition) is 2. The monoisotopic (exact) mass is 322 g/mol. The van der Waals surface area contributed by atoms with E-state index in [2.05, 4.69) is 10.2 Å². The maximum Gasteiger partial charge on any atom is 0.252 e. The normalized spacial score (nSPS) is 10.2. The van der Waals surface area contributed by atoms with E-state index in [0.29, 0.717) is 23.7 Å². The number of nitrogens with one attached hydrogen (secondary N) is 1. The van der Waals surface area contributed by atoms with Crippen LogP contribution in [0.2, 0.25) is 10.0 Å². The van der Waals surface area contributed by atoms with Crippen molar-refractivity contribution in [3.63, 3.8) is 0 Å². The molecule has 110 valence electrons. The van der Waals surface area contributed by atoms with Gasteiger partial charge in [0.1, 0.15) is 0 Å². The Morgan fingerprint density at radius 3 is 2.52 bits per heavy atom. The number of amides is 1. The number of rotatable bonds is 5. The molecule has 2 rings (SSSR count). The molecule has 0 aliphatic rings. The number of benzene rings is 2. The van der Waals surface area contributed by atoms with Crippen molar-refractivity contribution in [3.8, 4) is 0 Å². The van der Waals surface area contributed by atoms with E-state index < -0.39 is 0 Å². The highest BCUT2D eigenvalue weighted by molar-refractivity contribution is 6.43. The number of anilines is 1. The number of nitrogens with zero attached hydrogens (tertiary/aromatic N) is 1. The molecule has 1 N–H and O–H groups in total. The lowest BCUT2D eigenvalue weighted by Gasteiger charge is -2.19. The highest BCUT2D eigenvalue weighted by Gasteiger charge is 2.12. The van der Waals surface area contributed by atoms with Crippen LogP contribution in [0.3, 0.4) is 0 Å². The summed E-state index contributed by atoms with van der Waals surface area (Å²) in [5, 5.41) is 3.51. The fraction of sp³-hybridized carbons (Fsp3) is 0.188. The molecule has 0 aromatic heterocycles. The maximum absolute atomic E-state index is 12.1. The predicted molar refractivity (Wildman–Crippen MR) is 88.5 cm³/mol. The van der Waals surface area contributed by atoms with Crippen molar-refractivity contribution in [2.24, 2.45) is 0 Å². The Labute approximate surface area is 134 Å². The molecule has 2 aromatic rings. The summed E-state index contributed by atoms with van der Waals surface area (Å²) in [6.07, 6.45) is 0. The van der Waals surface area contributed by atoms with E-state index in [1.807, 2.05) is 37.4 Å². The summed E-state index contributed by atoms with van der Waals surface area (Å²) in [5.41, 5.74) is 1.50. The number of likely N-dealkylation sites (N-methyl/N-ethyl adjacent to an activating group) is 1. The number of carbonyl (C=O) groups is 1. The highest BCUT2D eigenvalue weighted by Crippen LogP contribution is 2.25. The molecule has 2 aromatic carbocycles. The van der Waals surface area contributed by atoms with Gasteiger partial charge in [-0.15, -0.1) is 0 Å². The van der Waals surface area contributed by atoms with Gasteiger partial charge in [-0.2, -0.15) is 0 Å². The smallest absolute Gasteiger partial charge is 0.252 e. The molecule has 0 heterocycles. The summed E-state index contributed by atoms with van der Waals surface area (Å²) >= 11 is 11.9. The number of hydrogen-bond donors (Lipinski definition) is 1. The van der Waals surface area contributed by atoms with Crippen LogP contribution < -0.4 is 10.2 Å². The first-order valence-corrected chi connectivity index (χ1v) is 7.33. The molecule has 1 amide bonds. The van der Waals surface area contributed by atoms with E-state index in [0.717, 1.165) is 5.69 Å². The van der Waals surface area contributed by atoms with Crippen LogP contribution >= 0.6 is 23.2 Å². The van der Waals surface area contributed by atoms with Crippen LogP contribution in [0.4, 0.5) is 5.69 Å². The summed E-state index contributed by atoms with van der Waals surface area (Å²) in [5.74, 6) is -0.219. The van der Waals surface area contributed by atoms with Crippen molar-refractivity contribution in [1.29, 1.82) is 0 Å². The lowest BCUT2D eigenvalue weighted by atomic mass is 10.2. The van der Waals surface area contributed by atoms with Crippen LogP contribution in [-0.4, -0.2) is 26.0 Å². The van der Waals surface area contributed by atoms with Gasteiger partial charge in [-0.05, 0) is 24.3 Å². The quantitative estimate of drug-likeness (QED) is 0.906. The van der Waals surface area contributed by atoms with Crippen LogP contribution in [0, 0.1) is 0 Å². The summed E-state index contributed by atoms with van der Waals surface area (Å²) in [4.78, 5) is 14.1. The molecule has 0 aliphatic heterocycles. The number of para-hydroxylation sites is 1. The third-order valence-electron chi connectivity index (χ3n) is 3.13. The van der Waals surface area contributed by atoms with Crippen molar-refractivity contribution >= 4 is 34.8 Å². The van der Waals surface area contributed by atoms with Crippen molar-refractivity contribution in [1.82, 2.24) is 5.32 Å². The molecule has 0 radical (unpaired) electrons. The average molecular weight is 323 g/mol. The molecule has 0 spiro atoms. The molecule has 0 fully saturated rings. The van der Waals surface area contributed by atoms with Gasteiger partial charge >= 0.3 is 0 Å². The molecule has 0 atom stereocenters. The third-order valence-corrected chi connectivity index (χ3v) is 3.94. The second kappa shape index (κ2) is 7.34. The van der Waals surface area contributed by atoms with E-state index in [-0.39, 0.29) is 10.9 Å². The van der Waals surface area contributed by atoms with Gasteiger partial charge in [0.25, 0.3) is 5.91 Å². The van der Waals surface area contributed by atoms with Gasteiger partial charge in [-0.3, -0.25) is 4.79 Å². The summed E-state index contributed by atoms with van der Waals surface area (Å²) < 4.78 is 0. The number of carbonyl (C=O) groups excluding carboxylic acids is 1. The van der Waals surface area contributed by atoms with Gasteiger partial charge in [0.2, 0.25) is 0 Å². The van der Waals surface area contributed by atoms with Gasteiger partial charge < -0.3 is 10.2 Å². The van der Waals surface area contributed by atoms with Gasteiger partial charge in [-0.25, -0.2) is 0 Å². The molecular weight excluding hydrogens is 307 g/mol. The standard InChI is InChI=1S/C16H16Cl2N2O/c1-20(12-6-3-2-4-7-12)11-10-19-16(21)13-8-5-9-14(17)15(13)18/h2-9H,10-11H2,1H3,(H,19,21). The van der Waals surface area contributed by atoms with E-state index >= 15 is 0 Å². The Balaban J connectivity index is 1.89. The molecule has 5 heteroatoms. The van der Waals surface area contributed by atoms with E-state index in [9.17, 15) is 4.79 Å². The predicted octanol–water partition coefficient (Wildman–Crippen LogP) is 3.86. The van der Waals surface area contributed by atoms with Crippen LogP contribution in [0.15, 0.2) is 48.5 Å². The lowest BCUT2D eigenvalue weighted by molar-refractivity contribution is 0.0955. The van der Waals surface area contributed by atoms with Crippen molar-refractivity contribution in [2.75, 3.05) is 25.0 Å². The minimum Gasteiger partial charge on any atom is -0.373 e. The van der Waals surface area contributed by atoms with E-state index in [1.165, 1.54) is 0 Å². The summed E-state index contributed by atoms with van der Waals surface area (Å²) in [7, 11) is 1.98. The molecule has 0 saturated heterocycles. The van der Waals surface area contributed by atoms with Crippen LogP contribution in [-0.2, 0) is 0 Å². The molecular formula is C16H16Cl2N2O. The Morgan fingerprint density at radius 2 is 1.81 bits per heavy atom. The van der Waals surface area contributed by atoms with Crippen LogP contribution in [0.5, 0.6) is 0 Å². The zero-order chi connectivity index (χ0) is 15.2. The Kier molecular flexibility index (Phi) is 5.48. The largest absolute Gasteiger partial charge is 0.373 e. The van der Waals surface area contributed by atoms with Gasteiger partial charge in [0.15, 0.2) is 0 Å². The van der Waals surface area contributed by atoms with Crippen LogP contribution in [0.1, 0.15) is 10.4 Å². The van der Waals surface area contributed by atoms with Gasteiger partial charge in [0, 0.05) is 25.8 Å².